The molecule has 0 aliphatic heterocycles. The molecule has 94 valence electrons. The van der Waals surface area contributed by atoms with E-state index in [1.807, 2.05) is 25.1 Å². The van der Waals surface area contributed by atoms with Gasteiger partial charge in [0.2, 0.25) is 0 Å². The van der Waals surface area contributed by atoms with Crippen LogP contribution in [0.15, 0.2) is 28.7 Å². The molecule has 1 aromatic heterocycles. The largest absolute Gasteiger partial charge is 0.384 e. The molecule has 0 radical (unpaired) electrons. The second-order valence-corrected chi connectivity index (χ2v) is 4.99. The highest BCUT2D eigenvalue weighted by Crippen LogP contribution is 2.28. The first-order chi connectivity index (χ1) is 8.58. The van der Waals surface area contributed by atoms with Gasteiger partial charge < -0.3 is 11.1 Å². The third-order valence-electron chi connectivity index (χ3n) is 2.30. The molecule has 0 aliphatic carbocycles. The third-order valence-corrected chi connectivity index (χ3v) is 3.23. The number of nitrogen functional groups attached to an aromatic ring is 1. The number of aryl methyl sites for hydroxylation is 1. The number of rotatable bonds is 3. The number of hydrogen-bond acceptors (Lipinski definition) is 4. The Morgan fingerprint density at radius 2 is 2.11 bits per heavy atom. The lowest BCUT2D eigenvalue weighted by atomic mass is 10.3. The van der Waals surface area contributed by atoms with Crippen molar-refractivity contribution in [2.24, 2.45) is 0 Å². The molecule has 0 atom stereocenters. The normalized spacial score (nSPS) is 10.4. The molecular formula is C12H12BrClN4. The van der Waals surface area contributed by atoms with Gasteiger partial charge in [0, 0.05) is 22.0 Å². The summed E-state index contributed by atoms with van der Waals surface area (Å²) in [6.07, 6.45) is 0.733. The predicted molar refractivity (Wildman–Crippen MR) is 78.3 cm³/mol. The summed E-state index contributed by atoms with van der Waals surface area (Å²) in [6, 6.07) is 7.18. The summed E-state index contributed by atoms with van der Waals surface area (Å²) in [5.41, 5.74) is 6.56. The van der Waals surface area contributed by atoms with Gasteiger partial charge in [-0.2, -0.15) is 0 Å². The van der Waals surface area contributed by atoms with Gasteiger partial charge in [-0.05, 0) is 34.1 Å². The van der Waals surface area contributed by atoms with E-state index in [-0.39, 0.29) is 0 Å². The van der Waals surface area contributed by atoms with Crippen molar-refractivity contribution in [1.29, 1.82) is 0 Å². The fraction of sp³-hybridized carbons (Fsp3) is 0.167. The topological polar surface area (TPSA) is 63.8 Å². The zero-order chi connectivity index (χ0) is 13.1. The van der Waals surface area contributed by atoms with Crippen LogP contribution in [0.1, 0.15) is 12.7 Å². The molecule has 4 nitrogen and oxygen atoms in total. The quantitative estimate of drug-likeness (QED) is 0.900. The van der Waals surface area contributed by atoms with Crippen molar-refractivity contribution >= 4 is 44.9 Å². The summed E-state index contributed by atoms with van der Waals surface area (Å²) in [4.78, 5) is 8.47. The molecule has 2 aromatic rings. The maximum absolute atomic E-state index is 5.95. The van der Waals surface area contributed by atoms with Crippen LogP contribution in [0.4, 0.5) is 17.3 Å². The van der Waals surface area contributed by atoms with E-state index < -0.39 is 0 Å². The van der Waals surface area contributed by atoms with Crippen molar-refractivity contribution < 1.29 is 0 Å². The van der Waals surface area contributed by atoms with E-state index >= 15 is 0 Å². The second-order valence-electron chi connectivity index (χ2n) is 3.70. The Hall–Kier alpha value is -1.33. The summed E-state index contributed by atoms with van der Waals surface area (Å²) in [7, 11) is 0. The Labute approximate surface area is 119 Å². The molecule has 0 saturated heterocycles. The average molecular weight is 328 g/mol. The minimum Gasteiger partial charge on any atom is -0.384 e. The molecule has 0 saturated carbocycles. The van der Waals surface area contributed by atoms with E-state index in [0.717, 1.165) is 16.6 Å². The number of nitrogens with one attached hydrogen (secondary N) is 1. The maximum Gasteiger partial charge on any atom is 0.136 e. The van der Waals surface area contributed by atoms with Crippen molar-refractivity contribution in [3.8, 4) is 0 Å². The van der Waals surface area contributed by atoms with Gasteiger partial charge >= 0.3 is 0 Å². The SMILES string of the molecule is CCc1nc(N)cc(Nc2cc(Cl)ccc2Br)n1. The molecular weight excluding hydrogens is 316 g/mol. The second kappa shape index (κ2) is 5.54. The van der Waals surface area contributed by atoms with Crippen molar-refractivity contribution in [3.05, 3.63) is 39.6 Å². The lowest BCUT2D eigenvalue weighted by molar-refractivity contribution is 0.948. The Bertz CT molecular complexity index is 574. The molecule has 0 amide bonds. The number of benzene rings is 1. The third kappa shape index (κ3) is 3.11. The molecule has 0 spiro atoms. The zero-order valence-corrected chi connectivity index (χ0v) is 12.1. The first-order valence-corrected chi connectivity index (χ1v) is 6.61. The Kier molecular flexibility index (Phi) is 4.04. The summed E-state index contributed by atoms with van der Waals surface area (Å²) >= 11 is 9.40. The van der Waals surface area contributed by atoms with Crippen molar-refractivity contribution in [2.45, 2.75) is 13.3 Å². The first-order valence-electron chi connectivity index (χ1n) is 5.44. The molecule has 0 unspecified atom stereocenters. The minimum absolute atomic E-state index is 0.447. The minimum atomic E-state index is 0.447. The summed E-state index contributed by atoms with van der Waals surface area (Å²) in [6.45, 7) is 1.98. The fourth-order valence-corrected chi connectivity index (χ4v) is 1.99. The highest BCUT2D eigenvalue weighted by molar-refractivity contribution is 9.10. The molecule has 3 N–H and O–H groups in total. The summed E-state index contributed by atoms with van der Waals surface area (Å²) in [5, 5.41) is 3.82. The number of nitrogens with two attached hydrogens (primary N) is 1. The van der Waals surface area contributed by atoms with Gasteiger partial charge in [-0.3, -0.25) is 0 Å². The van der Waals surface area contributed by atoms with E-state index in [2.05, 4.69) is 31.2 Å². The number of halogens is 2. The number of anilines is 3. The van der Waals surface area contributed by atoms with E-state index in [1.54, 1.807) is 6.07 Å². The fourth-order valence-electron chi connectivity index (χ4n) is 1.47. The highest BCUT2D eigenvalue weighted by atomic mass is 79.9. The van der Waals surface area contributed by atoms with Gasteiger partial charge in [-0.1, -0.05) is 18.5 Å². The van der Waals surface area contributed by atoms with Crippen LogP contribution in [0.5, 0.6) is 0 Å². The molecule has 6 heteroatoms. The highest BCUT2D eigenvalue weighted by Gasteiger charge is 2.05. The van der Waals surface area contributed by atoms with Gasteiger partial charge in [0.25, 0.3) is 0 Å². The van der Waals surface area contributed by atoms with E-state index in [0.29, 0.717) is 22.5 Å². The lowest BCUT2D eigenvalue weighted by Gasteiger charge is -2.09. The number of hydrogen-bond donors (Lipinski definition) is 2. The van der Waals surface area contributed by atoms with Crippen LogP contribution >= 0.6 is 27.5 Å². The first kappa shape index (κ1) is 13.1. The average Bonchev–Trinajstić information content (AvgIpc) is 2.33. The van der Waals surface area contributed by atoms with E-state index in [9.17, 15) is 0 Å². The van der Waals surface area contributed by atoms with E-state index in [4.69, 9.17) is 17.3 Å². The molecule has 1 aromatic carbocycles. The molecule has 18 heavy (non-hydrogen) atoms. The van der Waals surface area contributed by atoms with Gasteiger partial charge in [0.1, 0.15) is 17.5 Å². The van der Waals surface area contributed by atoms with Gasteiger partial charge in [0.15, 0.2) is 0 Å². The van der Waals surface area contributed by atoms with Gasteiger partial charge in [0.05, 0.1) is 5.69 Å². The van der Waals surface area contributed by atoms with E-state index in [1.165, 1.54) is 0 Å². The molecule has 0 fully saturated rings. The van der Waals surface area contributed by atoms with Crippen molar-refractivity contribution in [2.75, 3.05) is 11.1 Å². The predicted octanol–water partition coefficient (Wildman–Crippen LogP) is 3.78. The Morgan fingerprint density at radius 1 is 1.33 bits per heavy atom. The van der Waals surface area contributed by atoms with Crippen LogP contribution in [-0.4, -0.2) is 9.97 Å². The van der Waals surface area contributed by atoms with Crippen LogP contribution in [0.3, 0.4) is 0 Å². The Morgan fingerprint density at radius 3 is 2.83 bits per heavy atom. The molecule has 2 rings (SSSR count). The van der Waals surface area contributed by atoms with Crippen molar-refractivity contribution in [3.63, 3.8) is 0 Å². The van der Waals surface area contributed by atoms with Crippen LogP contribution in [0.25, 0.3) is 0 Å². The monoisotopic (exact) mass is 326 g/mol. The van der Waals surface area contributed by atoms with Crippen LogP contribution in [0, 0.1) is 0 Å². The van der Waals surface area contributed by atoms with Crippen LogP contribution in [-0.2, 0) is 6.42 Å². The Balaban J connectivity index is 2.33. The van der Waals surface area contributed by atoms with Gasteiger partial charge in [-0.25, -0.2) is 9.97 Å². The van der Waals surface area contributed by atoms with Crippen molar-refractivity contribution in [1.82, 2.24) is 9.97 Å². The molecule has 1 heterocycles. The summed E-state index contributed by atoms with van der Waals surface area (Å²) < 4.78 is 0.905. The van der Waals surface area contributed by atoms with Crippen LogP contribution < -0.4 is 11.1 Å². The summed E-state index contributed by atoms with van der Waals surface area (Å²) in [5.74, 6) is 1.81. The smallest absolute Gasteiger partial charge is 0.136 e. The number of nitrogens with zero attached hydrogens (tertiary/aromatic N) is 2. The molecule has 0 bridgehead atoms. The maximum atomic E-state index is 5.95. The van der Waals surface area contributed by atoms with Gasteiger partial charge in [-0.15, -0.1) is 0 Å². The standard InChI is InChI=1S/C12H12BrClN4/c1-2-11-17-10(15)6-12(18-11)16-9-5-7(14)3-4-8(9)13/h3-6H,2H2,1H3,(H3,15,16,17,18). The van der Waals surface area contributed by atoms with Crippen LogP contribution in [0.2, 0.25) is 5.02 Å². The number of aromatic nitrogens is 2. The lowest BCUT2D eigenvalue weighted by Crippen LogP contribution is -2.03. The molecule has 0 aliphatic rings. The zero-order valence-electron chi connectivity index (χ0n) is 9.74.